The van der Waals surface area contributed by atoms with Gasteiger partial charge in [0.05, 0.1) is 13.2 Å². The first-order valence-corrected chi connectivity index (χ1v) is 7.03. The summed E-state index contributed by atoms with van der Waals surface area (Å²) in [6, 6.07) is 5.42. The summed E-state index contributed by atoms with van der Waals surface area (Å²) in [6.45, 7) is 0.637. The SMILES string of the molecule is Cc1cc(OC(F)F)cc([S+]2CCOCC2)c1. The first-order valence-electron chi connectivity index (χ1n) is 5.47. The van der Waals surface area contributed by atoms with Crippen molar-refractivity contribution >= 4 is 10.9 Å². The van der Waals surface area contributed by atoms with E-state index < -0.39 is 6.61 Å². The first kappa shape index (κ1) is 12.6. The highest BCUT2D eigenvalue weighted by Crippen LogP contribution is 2.25. The van der Waals surface area contributed by atoms with Gasteiger partial charge in [-0.2, -0.15) is 8.78 Å². The summed E-state index contributed by atoms with van der Waals surface area (Å²) in [5, 5.41) is 0. The summed E-state index contributed by atoms with van der Waals surface area (Å²) >= 11 is 0. The van der Waals surface area contributed by atoms with Crippen LogP contribution >= 0.6 is 0 Å². The molecule has 0 radical (unpaired) electrons. The van der Waals surface area contributed by atoms with Crippen molar-refractivity contribution in [1.29, 1.82) is 0 Å². The molecule has 1 heterocycles. The average Bonchev–Trinajstić information content (AvgIpc) is 2.28. The van der Waals surface area contributed by atoms with Crippen LogP contribution in [0.2, 0.25) is 0 Å². The van der Waals surface area contributed by atoms with E-state index in [0.717, 1.165) is 35.2 Å². The van der Waals surface area contributed by atoms with E-state index in [-0.39, 0.29) is 16.6 Å². The molecule has 0 atom stereocenters. The zero-order valence-corrected chi connectivity index (χ0v) is 10.4. The Bertz CT molecular complexity index is 379. The largest absolute Gasteiger partial charge is 0.435 e. The molecule has 0 spiro atoms. The summed E-state index contributed by atoms with van der Waals surface area (Å²) in [5.41, 5.74) is 0.956. The van der Waals surface area contributed by atoms with Crippen LogP contribution in [0.3, 0.4) is 0 Å². The van der Waals surface area contributed by atoms with Gasteiger partial charge in [0.1, 0.15) is 17.3 Å². The Balaban J connectivity index is 2.18. The van der Waals surface area contributed by atoms with Crippen molar-refractivity contribution < 1.29 is 18.3 Å². The number of halogens is 2. The zero-order valence-electron chi connectivity index (χ0n) is 9.62. The molecule has 0 aromatic heterocycles. The molecule has 5 heteroatoms. The molecule has 0 amide bonds. The van der Waals surface area contributed by atoms with Crippen molar-refractivity contribution in [3.8, 4) is 5.75 Å². The Morgan fingerprint density at radius 3 is 2.59 bits per heavy atom. The Hall–Kier alpha value is -0.810. The van der Waals surface area contributed by atoms with Crippen molar-refractivity contribution in [2.45, 2.75) is 18.4 Å². The highest BCUT2D eigenvalue weighted by molar-refractivity contribution is 7.97. The highest BCUT2D eigenvalue weighted by Gasteiger charge is 2.26. The van der Waals surface area contributed by atoms with Gasteiger partial charge in [-0.05, 0) is 24.6 Å². The molecule has 0 N–H and O–H groups in total. The molecule has 0 saturated carbocycles. The van der Waals surface area contributed by atoms with Crippen LogP contribution in [0, 0.1) is 6.92 Å². The van der Waals surface area contributed by atoms with Crippen LogP contribution in [0.5, 0.6) is 5.75 Å². The molecular weight excluding hydrogens is 246 g/mol. The highest BCUT2D eigenvalue weighted by atomic mass is 32.2. The molecule has 94 valence electrons. The van der Waals surface area contributed by atoms with Gasteiger partial charge in [0.25, 0.3) is 0 Å². The predicted molar refractivity (Wildman–Crippen MR) is 64.0 cm³/mol. The van der Waals surface area contributed by atoms with E-state index >= 15 is 0 Å². The second-order valence-electron chi connectivity index (χ2n) is 3.87. The molecule has 1 aliphatic rings. The number of hydrogen-bond acceptors (Lipinski definition) is 2. The van der Waals surface area contributed by atoms with Gasteiger partial charge in [-0.15, -0.1) is 0 Å². The van der Waals surface area contributed by atoms with E-state index in [0.29, 0.717) is 0 Å². The summed E-state index contributed by atoms with van der Waals surface area (Å²) in [4.78, 5) is 1.10. The van der Waals surface area contributed by atoms with Gasteiger partial charge in [0, 0.05) is 17.0 Å². The lowest BCUT2D eigenvalue weighted by Crippen LogP contribution is -2.26. The normalized spacial score (nSPS) is 17.4. The minimum Gasteiger partial charge on any atom is -0.435 e. The second-order valence-corrected chi connectivity index (χ2v) is 6.15. The zero-order chi connectivity index (χ0) is 12.3. The third-order valence-electron chi connectivity index (χ3n) is 2.53. The monoisotopic (exact) mass is 261 g/mol. The first-order chi connectivity index (χ1) is 8.15. The summed E-state index contributed by atoms with van der Waals surface area (Å²) in [6.07, 6.45) is 0. The second kappa shape index (κ2) is 5.69. The molecule has 17 heavy (non-hydrogen) atoms. The number of alkyl halides is 2. The maximum Gasteiger partial charge on any atom is 0.387 e. The van der Waals surface area contributed by atoms with Crippen molar-refractivity contribution in [2.75, 3.05) is 24.7 Å². The minimum atomic E-state index is -2.76. The van der Waals surface area contributed by atoms with Crippen LogP contribution < -0.4 is 4.74 Å². The van der Waals surface area contributed by atoms with E-state index in [2.05, 4.69) is 4.74 Å². The fraction of sp³-hybridized carbons (Fsp3) is 0.500. The molecule has 0 aliphatic carbocycles. The molecule has 2 nitrogen and oxygen atoms in total. The van der Waals surface area contributed by atoms with Crippen LogP contribution in [0.15, 0.2) is 23.1 Å². The van der Waals surface area contributed by atoms with Gasteiger partial charge in [-0.1, -0.05) is 0 Å². The maximum absolute atomic E-state index is 12.2. The van der Waals surface area contributed by atoms with E-state index in [9.17, 15) is 8.78 Å². The topological polar surface area (TPSA) is 18.5 Å². The van der Waals surface area contributed by atoms with E-state index in [4.69, 9.17) is 4.74 Å². The third-order valence-corrected chi connectivity index (χ3v) is 4.75. The quantitative estimate of drug-likeness (QED) is 0.779. The molecule has 1 saturated heterocycles. The Kier molecular flexibility index (Phi) is 4.23. The molecule has 0 bridgehead atoms. The molecule has 2 rings (SSSR count). The lowest BCUT2D eigenvalue weighted by atomic mass is 10.2. The van der Waals surface area contributed by atoms with Crippen molar-refractivity contribution in [3.05, 3.63) is 23.8 Å². The van der Waals surface area contributed by atoms with Gasteiger partial charge in [-0.3, -0.25) is 0 Å². The van der Waals surface area contributed by atoms with Crippen LogP contribution in [0.25, 0.3) is 0 Å². The van der Waals surface area contributed by atoms with E-state index in [1.54, 1.807) is 12.1 Å². The Morgan fingerprint density at radius 1 is 1.24 bits per heavy atom. The fourth-order valence-electron chi connectivity index (χ4n) is 1.81. The number of ether oxygens (including phenoxy) is 2. The summed E-state index contributed by atoms with van der Waals surface area (Å²) in [5.74, 6) is 2.20. The third kappa shape index (κ3) is 3.57. The average molecular weight is 261 g/mol. The summed E-state index contributed by atoms with van der Waals surface area (Å²) in [7, 11) is 0.107. The van der Waals surface area contributed by atoms with E-state index in [1.165, 1.54) is 0 Å². The molecular formula is C12H15F2O2S+. The van der Waals surface area contributed by atoms with Gasteiger partial charge < -0.3 is 9.47 Å². The Morgan fingerprint density at radius 2 is 1.94 bits per heavy atom. The molecule has 1 aromatic rings. The van der Waals surface area contributed by atoms with Crippen molar-refractivity contribution in [3.63, 3.8) is 0 Å². The van der Waals surface area contributed by atoms with Gasteiger partial charge in [-0.25, -0.2) is 0 Å². The van der Waals surface area contributed by atoms with Crippen LogP contribution in [-0.2, 0) is 15.6 Å². The lowest BCUT2D eigenvalue weighted by Gasteiger charge is -2.15. The smallest absolute Gasteiger partial charge is 0.387 e. The number of rotatable bonds is 3. The van der Waals surface area contributed by atoms with Gasteiger partial charge in [0.2, 0.25) is 0 Å². The van der Waals surface area contributed by atoms with Crippen LogP contribution in [0.1, 0.15) is 5.56 Å². The summed E-state index contributed by atoms with van der Waals surface area (Å²) < 4.78 is 34.1. The minimum absolute atomic E-state index is 0.107. The van der Waals surface area contributed by atoms with Crippen LogP contribution in [0.4, 0.5) is 8.78 Å². The standard InChI is InChI=1S/C12H15F2O2S/c1-9-6-10(16-12(13)14)8-11(7-9)17-4-2-15-3-5-17/h6-8,12H,2-5H2,1H3/q+1. The predicted octanol–water partition coefficient (Wildman–Crippen LogP) is 2.60. The van der Waals surface area contributed by atoms with Crippen molar-refractivity contribution in [1.82, 2.24) is 0 Å². The fourth-order valence-corrected chi connectivity index (χ4v) is 3.76. The van der Waals surface area contributed by atoms with Gasteiger partial charge in [0.15, 0.2) is 4.90 Å². The molecule has 1 aromatic carbocycles. The number of aryl methyl sites for hydroxylation is 1. The van der Waals surface area contributed by atoms with Crippen LogP contribution in [-0.4, -0.2) is 31.3 Å². The Labute approximate surface area is 102 Å². The van der Waals surface area contributed by atoms with Gasteiger partial charge >= 0.3 is 6.61 Å². The van der Waals surface area contributed by atoms with Crippen molar-refractivity contribution in [2.24, 2.45) is 0 Å². The maximum atomic E-state index is 12.2. The molecule has 1 aliphatic heterocycles. The lowest BCUT2D eigenvalue weighted by molar-refractivity contribution is -0.0500. The molecule has 1 fully saturated rings. The number of benzene rings is 1. The van der Waals surface area contributed by atoms with E-state index in [1.807, 2.05) is 13.0 Å². The molecule has 0 unspecified atom stereocenters. The number of hydrogen-bond donors (Lipinski definition) is 0.